The molecule has 6 heteroatoms. The third kappa shape index (κ3) is 2.24. The molecule has 1 aromatic carbocycles. The van der Waals surface area contributed by atoms with E-state index in [1.54, 1.807) is 29.5 Å². The summed E-state index contributed by atoms with van der Waals surface area (Å²) < 4.78 is 26.9. The standard InChI is InChI=1S/C14H16N2O2S2/c1-10-2-3-14(12(15)8-10)20(17,18)16-6-4-13-11(9-16)5-7-19-13/h2-3,5,7-8H,4,6,9,15H2,1H3. The first-order chi connectivity index (χ1) is 9.48. The van der Waals surface area contributed by atoms with Gasteiger partial charge in [-0.1, -0.05) is 6.07 Å². The van der Waals surface area contributed by atoms with Crippen molar-refractivity contribution in [2.24, 2.45) is 0 Å². The quantitative estimate of drug-likeness (QED) is 0.866. The number of anilines is 1. The Hall–Kier alpha value is -1.37. The van der Waals surface area contributed by atoms with Crippen molar-refractivity contribution in [2.75, 3.05) is 12.3 Å². The van der Waals surface area contributed by atoms with Crippen LogP contribution < -0.4 is 5.73 Å². The fourth-order valence-electron chi connectivity index (χ4n) is 2.47. The molecular weight excluding hydrogens is 292 g/mol. The molecule has 1 aliphatic rings. The van der Waals surface area contributed by atoms with Crippen LogP contribution in [0.25, 0.3) is 0 Å². The van der Waals surface area contributed by atoms with Crippen LogP contribution in [0.15, 0.2) is 34.5 Å². The van der Waals surface area contributed by atoms with E-state index in [-0.39, 0.29) is 4.90 Å². The second-order valence-corrected chi connectivity index (χ2v) is 7.91. The van der Waals surface area contributed by atoms with E-state index in [0.29, 0.717) is 18.8 Å². The van der Waals surface area contributed by atoms with Crippen LogP contribution in [0.3, 0.4) is 0 Å². The maximum atomic E-state index is 12.7. The highest BCUT2D eigenvalue weighted by Gasteiger charge is 2.30. The van der Waals surface area contributed by atoms with E-state index >= 15 is 0 Å². The van der Waals surface area contributed by atoms with E-state index in [2.05, 4.69) is 0 Å². The minimum atomic E-state index is -3.52. The van der Waals surface area contributed by atoms with Gasteiger partial charge >= 0.3 is 0 Å². The van der Waals surface area contributed by atoms with Crippen molar-refractivity contribution in [3.05, 3.63) is 45.6 Å². The number of rotatable bonds is 2. The lowest BCUT2D eigenvalue weighted by atomic mass is 10.1. The van der Waals surface area contributed by atoms with E-state index in [9.17, 15) is 8.42 Å². The zero-order valence-electron chi connectivity index (χ0n) is 11.2. The second-order valence-electron chi connectivity index (χ2n) is 5.00. The topological polar surface area (TPSA) is 63.4 Å². The van der Waals surface area contributed by atoms with Crippen molar-refractivity contribution < 1.29 is 8.42 Å². The summed E-state index contributed by atoms with van der Waals surface area (Å²) in [6.45, 7) is 2.85. The summed E-state index contributed by atoms with van der Waals surface area (Å²) in [5, 5.41) is 2.01. The van der Waals surface area contributed by atoms with E-state index in [4.69, 9.17) is 5.73 Å². The van der Waals surface area contributed by atoms with Gasteiger partial charge in [0.2, 0.25) is 10.0 Å². The van der Waals surface area contributed by atoms with Crippen molar-refractivity contribution in [1.82, 2.24) is 4.31 Å². The summed E-state index contributed by atoms with van der Waals surface area (Å²) in [5.41, 5.74) is 8.27. The summed E-state index contributed by atoms with van der Waals surface area (Å²) in [6, 6.07) is 7.08. The van der Waals surface area contributed by atoms with Gasteiger partial charge in [-0.05, 0) is 48.1 Å². The lowest BCUT2D eigenvalue weighted by Gasteiger charge is -2.26. The van der Waals surface area contributed by atoms with Gasteiger partial charge in [-0.25, -0.2) is 8.42 Å². The van der Waals surface area contributed by atoms with Gasteiger partial charge in [-0.3, -0.25) is 0 Å². The Kier molecular flexibility index (Phi) is 3.32. The largest absolute Gasteiger partial charge is 0.398 e. The lowest BCUT2D eigenvalue weighted by Crippen LogP contribution is -2.35. The third-order valence-electron chi connectivity index (χ3n) is 3.56. The van der Waals surface area contributed by atoms with Crippen molar-refractivity contribution in [1.29, 1.82) is 0 Å². The second kappa shape index (κ2) is 4.87. The van der Waals surface area contributed by atoms with Gasteiger partial charge in [0.15, 0.2) is 0 Å². The molecule has 20 heavy (non-hydrogen) atoms. The predicted octanol–water partition coefficient (Wildman–Crippen LogP) is 2.39. The number of sulfonamides is 1. The van der Waals surface area contributed by atoms with Crippen molar-refractivity contribution in [3.63, 3.8) is 0 Å². The van der Waals surface area contributed by atoms with Gasteiger partial charge in [0.25, 0.3) is 0 Å². The number of nitrogen functional groups attached to an aromatic ring is 1. The highest BCUT2D eigenvalue weighted by Crippen LogP contribution is 2.30. The first-order valence-electron chi connectivity index (χ1n) is 6.40. The fraction of sp³-hybridized carbons (Fsp3) is 0.286. The molecule has 3 rings (SSSR count). The van der Waals surface area contributed by atoms with Crippen LogP contribution in [0.5, 0.6) is 0 Å². The Labute approximate surface area is 122 Å². The number of hydrogen-bond acceptors (Lipinski definition) is 4. The Morgan fingerprint density at radius 3 is 2.85 bits per heavy atom. The van der Waals surface area contributed by atoms with Gasteiger partial charge in [0.05, 0.1) is 5.69 Å². The van der Waals surface area contributed by atoms with Crippen LogP contribution in [0.2, 0.25) is 0 Å². The van der Waals surface area contributed by atoms with E-state index < -0.39 is 10.0 Å². The molecule has 0 saturated heterocycles. The number of nitrogens with two attached hydrogens (primary N) is 1. The smallest absolute Gasteiger partial charge is 0.245 e. The number of hydrogen-bond donors (Lipinski definition) is 1. The summed E-state index contributed by atoms with van der Waals surface area (Å²) in [4.78, 5) is 1.50. The van der Waals surface area contributed by atoms with Crippen LogP contribution >= 0.6 is 11.3 Å². The molecule has 1 aromatic heterocycles. The molecule has 0 saturated carbocycles. The minimum Gasteiger partial charge on any atom is -0.398 e. The minimum absolute atomic E-state index is 0.210. The van der Waals surface area contributed by atoms with E-state index in [0.717, 1.165) is 17.5 Å². The highest BCUT2D eigenvalue weighted by atomic mass is 32.2. The van der Waals surface area contributed by atoms with Crippen molar-refractivity contribution in [3.8, 4) is 0 Å². The molecule has 0 unspecified atom stereocenters. The molecule has 4 nitrogen and oxygen atoms in total. The molecule has 2 heterocycles. The maximum absolute atomic E-state index is 12.7. The molecule has 106 valence electrons. The summed E-state index contributed by atoms with van der Waals surface area (Å²) in [6.07, 6.45) is 0.776. The highest BCUT2D eigenvalue weighted by molar-refractivity contribution is 7.89. The molecule has 0 radical (unpaired) electrons. The SMILES string of the molecule is Cc1ccc(S(=O)(=O)N2CCc3sccc3C2)c(N)c1. The van der Waals surface area contributed by atoms with Gasteiger partial charge < -0.3 is 5.73 Å². The molecular formula is C14H16N2O2S2. The number of nitrogens with zero attached hydrogens (tertiary/aromatic N) is 1. The Morgan fingerprint density at radius 2 is 2.10 bits per heavy atom. The zero-order chi connectivity index (χ0) is 14.3. The Bertz CT molecular complexity index is 750. The average molecular weight is 308 g/mol. The monoisotopic (exact) mass is 308 g/mol. The fourth-order valence-corrected chi connectivity index (χ4v) is 4.87. The summed E-state index contributed by atoms with van der Waals surface area (Å²) in [5.74, 6) is 0. The van der Waals surface area contributed by atoms with Crippen molar-refractivity contribution in [2.45, 2.75) is 24.8 Å². The number of benzene rings is 1. The molecule has 0 amide bonds. The molecule has 2 aromatic rings. The zero-order valence-corrected chi connectivity index (χ0v) is 12.8. The molecule has 0 aliphatic carbocycles. The number of fused-ring (bicyclic) bond motifs is 1. The van der Waals surface area contributed by atoms with E-state index in [1.165, 1.54) is 9.18 Å². The van der Waals surface area contributed by atoms with Gasteiger partial charge in [-0.2, -0.15) is 4.31 Å². The molecule has 0 spiro atoms. The van der Waals surface area contributed by atoms with Crippen LogP contribution in [-0.2, 0) is 23.0 Å². The average Bonchev–Trinajstić information content (AvgIpc) is 2.85. The Morgan fingerprint density at radius 1 is 1.30 bits per heavy atom. The first-order valence-corrected chi connectivity index (χ1v) is 8.72. The third-order valence-corrected chi connectivity index (χ3v) is 6.50. The van der Waals surface area contributed by atoms with Crippen molar-refractivity contribution >= 4 is 27.0 Å². The molecule has 2 N–H and O–H groups in total. The molecule has 0 fully saturated rings. The van der Waals surface area contributed by atoms with Crippen LogP contribution in [0.4, 0.5) is 5.69 Å². The molecule has 1 aliphatic heterocycles. The summed E-state index contributed by atoms with van der Waals surface area (Å²) in [7, 11) is -3.52. The van der Waals surface area contributed by atoms with Gasteiger partial charge in [0, 0.05) is 18.0 Å². The first kappa shape index (κ1) is 13.6. The lowest BCUT2D eigenvalue weighted by molar-refractivity contribution is 0.394. The maximum Gasteiger partial charge on any atom is 0.245 e. The van der Waals surface area contributed by atoms with Crippen LogP contribution in [-0.4, -0.2) is 19.3 Å². The van der Waals surface area contributed by atoms with Crippen LogP contribution in [0, 0.1) is 6.92 Å². The van der Waals surface area contributed by atoms with Crippen LogP contribution in [0.1, 0.15) is 16.0 Å². The summed E-state index contributed by atoms with van der Waals surface area (Å²) >= 11 is 1.69. The molecule has 0 bridgehead atoms. The number of thiophene rings is 1. The van der Waals surface area contributed by atoms with Gasteiger partial charge in [-0.15, -0.1) is 11.3 Å². The predicted molar refractivity (Wildman–Crippen MR) is 81.2 cm³/mol. The Balaban J connectivity index is 1.97. The number of aryl methyl sites for hydroxylation is 1. The normalized spacial score (nSPS) is 16.1. The van der Waals surface area contributed by atoms with E-state index in [1.807, 2.05) is 18.4 Å². The molecule has 0 atom stereocenters. The van der Waals surface area contributed by atoms with Gasteiger partial charge in [0.1, 0.15) is 4.90 Å².